The number of nitrogens with one attached hydrogen (secondary N) is 1. The lowest BCUT2D eigenvalue weighted by Crippen LogP contribution is -2.52. The summed E-state index contributed by atoms with van der Waals surface area (Å²) in [6, 6.07) is 5.55. The topological polar surface area (TPSA) is 32.3 Å². The van der Waals surface area contributed by atoms with Crippen molar-refractivity contribution in [1.29, 1.82) is 0 Å². The minimum absolute atomic E-state index is 0.00491. The van der Waals surface area contributed by atoms with Crippen molar-refractivity contribution >= 4 is 33.4 Å². The van der Waals surface area contributed by atoms with Gasteiger partial charge < -0.3 is 10.2 Å². The van der Waals surface area contributed by atoms with Gasteiger partial charge in [0.25, 0.3) is 5.91 Å². The summed E-state index contributed by atoms with van der Waals surface area (Å²) in [4.78, 5) is 14.2. The van der Waals surface area contributed by atoms with Crippen LogP contribution >= 0.6 is 27.5 Å². The van der Waals surface area contributed by atoms with Crippen LogP contribution in [-0.4, -0.2) is 36.5 Å². The Labute approximate surface area is 114 Å². The van der Waals surface area contributed by atoms with Crippen LogP contribution < -0.4 is 5.32 Å². The average Bonchev–Trinajstić information content (AvgIpc) is 2.32. The van der Waals surface area contributed by atoms with Gasteiger partial charge in [0.15, 0.2) is 0 Å². The van der Waals surface area contributed by atoms with Crippen molar-refractivity contribution in [2.45, 2.75) is 13.0 Å². The maximum Gasteiger partial charge on any atom is 0.255 e. The molecule has 1 aliphatic rings. The number of piperazine rings is 1. The van der Waals surface area contributed by atoms with Crippen molar-refractivity contribution < 1.29 is 4.79 Å². The largest absolute Gasteiger partial charge is 0.333 e. The van der Waals surface area contributed by atoms with E-state index in [2.05, 4.69) is 21.2 Å². The molecule has 1 aromatic rings. The highest BCUT2D eigenvalue weighted by Crippen LogP contribution is 2.23. The molecule has 1 atom stereocenters. The highest BCUT2D eigenvalue weighted by atomic mass is 79.9. The number of amides is 1. The van der Waals surface area contributed by atoms with Gasteiger partial charge in [-0.05, 0) is 25.1 Å². The zero-order chi connectivity index (χ0) is 12.4. The van der Waals surface area contributed by atoms with E-state index in [1.807, 2.05) is 17.9 Å². The van der Waals surface area contributed by atoms with Crippen LogP contribution in [0.5, 0.6) is 0 Å². The van der Waals surface area contributed by atoms with Crippen LogP contribution in [0.3, 0.4) is 0 Å². The van der Waals surface area contributed by atoms with Gasteiger partial charge >= 0.3 is 0 Å². The van der Waals surface area contributed by atoms with Crippen molar-refractivity contribution in [3.63, 3.8) is 0 Å². The molecule has 0 radical (unpaired) electrons. The number of carbonyl (C=O) groups excluding carboxylic acids is 1. The lowest BCUT2D eigenvalue weighted by Gasteiger charge is -2.34. The van der Waals surface area contributed by atoms with E-state index >= 15 is 0 Å². The van der Waals surface area contributed by atoms with E-state index in [0.717, 1.165) is 24.1 Å². The van der Waals surface area contributed by atoms with Gasteiger partial charge in [0.1, 0.15) is 0 Å². The highest BCUT2D eigenvalue weighted by molar-refractivity contribution is 9.10. The first-order valence-corrected chi connectivity index (χ1v) is 6.73. The fourth-order valence-electron chi connectivity index (χ4n) is 1.96. The SMILES string of the molecule is C[C@@H]1CNCCN1C(=O)c1cc(Br)ccc1Cl. The Hall–Kier alpha value is -0.580. The van der Waals surface area contributed by atoms with Crippen molar-refractivity contribution in [1.82, 2.24) is 10.2 Å². The molecule has 0 saturated carbocycles. The average molecular weight is 318 g/mol. The number of rotatable bonds is 1. The third-order valence-corrected chi connectivity index (χ3v) is 3.74. The van der Waals surface area contributed by atoms with E-state index in [-0.39, 0.29) is 11.9 Å². The Morgan fingerprint density at radius 1 is 1.59 bits per heavy atom. The van der Waals surface area contributed by atoms with Crippen LogP contribution in [0.1, 0.15) is 17.3 Å². The summed E-state index contributed by atoms with van der Waals surface area (Å²) in [5, 5.41) is 3.76. The molecule has 1 aromatic carbocycles. The van der Waals surface area contributed by atoms with Crippen LogP contribution in [0.25, 0.3) is 0 Å². The number of hydrogen-bond acceptors (Lipinski definition) is 2. The Morgan fingerprint density at radius 3 is 3.06 bits per heavy atom. The van der Waals surface area contributed by atoms with Gasteiger partial charge in [0.2, 0.25) is 0 Å². The van der Waals surface area contributed by atoms with E-state index in [1.54, 1.807) is 12.1 Å². The minimum Gasteiger partial charge on any atom is -0.333 e. The minimum atomic E-state index is 0.00491. The van der Waals surface area contributed by atoms with E-state index < -0.39 is 0 Å². The normalized spacial score (nSPS) is 20.4. The van der Waals surface area contributed by atoms with Crippen LogP contribution in [0, 0.1) is 0 Å². The van der Waals surface area contributed by atoms with E-state index in [4.69, 9.17) is 11.6 Å². The Kier molecular flexibility index (Phi) is 4.07. The molecular formula is C12H14BrClN2O. The summed E-state index contributed by atoms with van der Waals surface area (Å²) in [5.74, 6) is 0.00491. The first-order chi connectivity index (χ1) is 8.09. The lowest BCUT2D eigenvalue weighted by atomic mass is 10.1. The number of carbonyl (C=O) groups is 1. The summed E-state index contributed by atoms with van der Waals surface area (Å²) in [5.41, 5.74) is 0.565. The Morgan fingerprint density at radius 2 is 2.35 bits per heavy atom. The zero-order valence-corrected chi connectivity index (χ0v) is 11.9. The van der Waals surface area contributed by atoms with Gasteiger partial charge in [-0.15, -0.1) is 0 Å². The lowest BCUT2D eigenvalue weighted by molar-refractivity contribution is 0.0656. The standard InChI is InChI=1S/C12H14BrClN2O/c1-8-7-15-4-5-16(8)12(17)10-6-9(13)2-3-11(10)14/h2-3,6,8,15H,4-5,7H2,1H3/t8-/m1/s1. The van der Waals surface area contributed by atoms with Gasteiger partial charge in [0.05, 0.1) is 10.6 Å². The van der Waals surface area contributed by atoms with Crippen molar-refractivity contribution in [3.8, 4) is 0 Å². The fourth-order valence-corrected chi connectivity index (χ4v) is 2.52. The van der Waals surface area contributed by atoms with E-state index in [9.17, 15) is 4.79 Å². The molecule has 0 aliphatic carbocycles. The highest BCUT2D eigenvalue weighted by Gasteiger charge is 2.25. The fraction of sp³-hybridized carbons (Fsp3) is 0.417. The molecule has 1 N–H and O–H groups in total. The summed E-state index contributed by atoms with van der Waals surface area (Å²) in [6.45, 7) is 4.43. The molecule has 1 aliphatic heterocycles. The molecule has 1 amide bonds. The summed E-state index contributed by atoms with van der Waals surface area (Å²) in [6.07, 6.45) is 0. The van der Waals surface area contributed by atoms with Gasteiger partial charge in [-0.2, -0.15) is 0 Å². The first kappa shape index (κ1) is 12.9. The third-order valence-electron chi connectivity index (χ3n) is 2.92. The molecule has 92 valence electrons. The van der Waals surface area contributed by atoms with Crippen molar-refractivity contribution in [2.75, 3.05) is 19.6 Å². The second-order valence-corrected chi connectivity index (χ2v) is 5.50. The molecule has 2 rings (SSSR count). The molecule has 0 aromatic heterocycles. The van der Waals surface area contributed by atoms with Crippen LogP contribution in [0.2, 0.25) is 5.02 Å². The van der Waals surface area contributed by atoms with Crippen molar-refractivity contribution in [3.05, 3.63) is 33.3 Å². The predicted octanol–water partition coefficient (Wildman–Crippen LogP) is 2.54. The Bertz CT molecular complexity index is 439. The molecule has 0 unspecified atom stereocenters. The summed E-state index contributed by atoms with van der Waals surface area (Å²) >= 11 is 9.44. The smallest absolute Gasteiger partial charge is 0.255 e. The Balaban J connectivity index is 2.26. The second kappa shape index (κ2) is 5.38. The molecule has 1 fully saturated rings. The van der Waals surface area contributed by atoms with Crippen molar-refractivity contribution in [2.24, 2.45) is 0 Å². The van der Waals surface area contributed by atoms with Gasteiger partial charge in [-0.3, -0.25) is 4.79 Å². The molecule has 1 heterocycles. The molecule has 5 heteroatoms. The maximum absolute atomic E-state index is 12.4. The molecule has 17 heavy (non-hydrogen) atoms. The van der Waals surface area contributed by atoms with E-state index in [0.29, 0.717) is 10.6 Å². The number of nitrogens with zero attached hydrogens (tertiary/aromatic N) is 1. The van der Waals surface area contributed by atoms with Gasteiger partial charge in [-0.1, -0.05) is 27.5 Å². The number of halogens is 2. The number of benzene rings is 1. The van der Waals surface area contributed by atoms with Crippen LogP contribution in [0.4, 0.5) is 0 Å². The number of hydrogen-bond donors (Lipinski definition) is 1. The second-order valence-electron chi connectivity index (χ2n) is 4.18. The quantitative estimate of drug-likeness (QED) is 0.863. The first-order valence-electron chi connectivity index (χ1n) is 5.56. The zero-order valence-electron chi connectivity index (χ0n) is 9.54. The summed E-state index contributed by atoms with van der Waals surface area (Å²) < 4.78 is 0.869. The molecule has 0 bridgehead atoms. The predicted molar refractivity (Wildman–Crippen MR) is 72.5 cm³/mol. The maximum atomic E-state index is 12.4. The van der Waals surface area contributed by atoms with Crippen LogP contribution in [0.15, 0.2) is 22.7 Å². The van der Waals surface area contributed by atoms with Gasteiger partial charge in [-0.25, -0.2) is 0 Å². The van der Waals surface area contributed by atoms with Gasteiger partial charge in [0, 0.05) is 30.1 Å². The van der Waals surface area contributed by atoms with Crippen LogP contribution in [-0.2, 0) is 0 Å². The third kappa shape index (κ3) is 2.81. The summed E-state index contributed by atoms with van der Waals surface area (Å²) in [7, 11) is 0. The van der Waals surface area contributed by atoms with E-state index in [1.165, 1.54) is 0 Å². The molecular weight excluding hydrogens is 304 g/mol. The molecule has 3 nitrogen and oxygen atoms in total. The monoisotopic (exact) mass is 316 g/mol. The molecule has 1 saturated heterocycles. The molecule has 0 spiro atoms.